The Morgan fingerprint density at radius 3 is 1.76 bits per heavy atom. The van der Waals surface area contributed by atoms with Crippen molar-refractivity contribution in [1.29, 1.82) is 0 Å². The van der Waals surface area contributed by atoms with Crippen LogP contribution in [0, 0.1) is 0 Å². The third-order valence-corrected chi connectivity index (χ3v) is 5.70. The Hall–Kier alpha value is -2.54. The molecule has 1 aliphatic heterocycles. The highest BCUT2D eigenvalue weighted by Gasteiger charge is 2.40. The van der Waals surface area contributed by atoms with E-state index in [-0.39, 0.29) is 18.3 Å². The van der Waals surface area contributed by atoms with E-state index >= 15 is 0 Å². The van der Waals surface area contributed by atoms with E-state index in [1.54, 1.807) is 7.11 Å². The van der Waals surface area contributed by atoms with Crippen LogP contribution in [0.15, 0.2) is 91.0 Å². The van der Waals surface area contributed by atoms with Crippen LogP contribution in [0.5, 0.6) is 0 Å². The van der Waals surface area contributed by atoms with Crippen molar-refractivity contribution >= 4 is 0 Å². The summed E-state index contributed by atoms with van der Waals surface area (Å²) in [5, 5.41) is 0. The van der Waals surface area contributed by atoms with Crippen molar-refractivity contribution < 1.29 is 23.7 Å². The maximum Gasteiger partial charge on any atom is 0.186 e. The highest BCUT2D eigenvalue weighted by Crippen LogP contribution is 2.28. The predicted molar refractivity (Wildman–Crippen MR) is 126 cm³/mol. The lowest BCUT2D eigenvalue weighted by atomic mass is 10.0. The first kappa shape index (κ1) is 23.6. The Morgan fingerprint density at radius 2 is 1.21 bits per heavy atom. The van der Waals surface area contributed by atoms with Crippen LogP contribution in [0.2, 0.25) is 0 Å². The Balaban J connectivity index is 1.39. The average Bonchev–Trinajstić information content (AvgIpc) is 2.88. The SMILES string of the molecule is CO[C@H]1OC(COCc2ccccc2)CC(OCc2ccccc2)C1OCc1ccccc1. The molecule has 4 rings (SSSR count). The van der Waals surface area contributed by atoms with Gasteiger partial charge in [-0.2, -0.15) is 0 Å². The lowest BCUT2D eigenvalue weighted by molar-refractivity contribution is -0.286. The first-order valence-corrected chi connectivity index (χ1v) is 11.4. The van der Waals surface area contributed by atoms with Crippen LogP contribution in [0.25, 0.3) is 0 Å². The molecule has 0 aromatic heterocycles. The maximum absolute atomic E-state index is 6.36. The van der Waals surface area contributed by atoms with E-state index in [0.29, 0.717) is 32.8 Å². The summed E-state index contributed by atoms with van der Waals surface area (Å²) in [5.41, 5.74) is 3.36. The van der Waals surface area contributed by atoms with Gasteiger partial charge in [0.25, 0.3) is 0 Å². The van der Waals surface area contributed by atoms with Crippen molar-refractivity contribution in [3.05, 3.63) is 108 Å². The molecule has 0 aliphatic carbocycles. The van der Waals surface area contributed by atoms with Gasteiger partial charge < -0.3 is 23.7 Å². The van der Waals surface area contributed by atoms with E-state index in [4.69, 9.17) is 23.7 Å². The normalized spacial score (nSPS) is 22.8. The molecule has 0 amide bonds. The lowest BCUT2D eigenvalue weighted by Crippen LogP contribution is -2.52. The molecule has 0 radical (unpaired) electrons. The topological polar surface area (TPSA) is 46.2 Å². The van der Waals surface area contributed by atoms with Crippen LogP contribution in [0.3, 0.4) is 0 Å². The number of hydrogen-bond acceptors (Lipinski definition) is 5. The van der Waals surface area contributed by atoms with Crippen LogP contribution in [0.4, 0.5) is 0 Å². The molecule has 174 valence electrons. The Labute approximate surface area is 196 Å². The van der Waals surface area contributed by atoms with E-state index < -0.39 is 6.29 Å². The van der Waals surface area contributed by atoms with Crippen molar-refractivity contribution in [2.24, 2.45) is 0 Å². The summed E-state index contributed by atoms with van der Waals surface area (Å²) in [4.78, 5) is 0. The van der Waals surface area contributed by atoms with Crippen LogP contribution < -0.4 is 0 Å². The first-order valence-electron chi connectivity index (χ1n) is 11.4. The highest BCUT2D eigenvalue weighted by atomic mass is 16.7. The van der Waals surface area contributed by atoms with Crippen molar-refractivity contribution in [3.8, 4) is 0 Å². The van der Waals surface area contributed by atoms with Gasteiger partial charge in [-0.25, -0.2) is 0 Å². The van der Waals surface area contributed by atoms with Crippen LogP contribution in [-0.2, 0) is 43.5 Å². The molecule has 0 N–H and O–H groups in total. The molecule has 3 aromatic carbocycles. The van der Waals surface area contributed by atoms with E-state index in [2.05, 4.69) is 24.3 Å². The zero-order valence-corrected chi connectivity index (χ0v) is 19.0. The minimum absolute atomic E-state index is 0.143. The Morgan fingerprint density at radius 1 is 0.697 bits per heavy atom. The molecule has 0 saturated carbocycles. The first-order chi connectivity index (χ1) is 16.3. The monoisotopic (exact) mass is 448 g/mol. The molecule has 5 nitrogen and oxygen atoms in total. The van der Waals surface area contributed by atoms with E-state index in [1.165, 1.54) is 0 Å². The maximum atomic E-state index is 6.36. The molecule has 5 heteroatoms. The average molecular weight is 449 g/mol. The largest absolute Gasteiger partial charge is 0.374 e. The molecular weight excluding hydrogens is 416 g/mol. The molecule has 0 bridgehead atoms. The summed E-state index contributed by atoms with van der Waals surface area (Å²) in [5.74, 6) is 0. The number of hydrogen-bond donors (Lipinski definition) is 0. The van der Waals surface area contributed by atoms with Gasteiger partial charge >= 0.3 is 0 Å². The van der Waals surface area contributed by atoms with Crippen molar-refractivity contribution in [2.45, 2.75) is 50.8 Å². The minimum Gasteiger partial charge on any atom is -0.374 e. The molecule has 1 saturated heterocycles. The number of rotatable bonds is 11. The van der Waals surface area contributed by atoms with Crippen molar-refractivity contribution in [3.63, 3.8) is 0 Å². The van der Waals surface area contributed by atoms with Gasteiger partial charge in [-0.05, 0) is 16.7 Å². The van der Waals surface area contributed by atoms with Crippen LogP contribution in [0.1, 0.15) is 23.1 Å². The Bertz CT molecular complexity index is 919. The quantitative estimate of drug-likeness (QED) is 0.407. The summed E-state index contributed by atoms with van der Waals surface area (Å²) in [6, 6.07) is 30.4. The molecule has 1 aliphatic rings. The molecular formula is C28H32O5. The lowest BCUT2D eigenvalue weighted by Gasteiger charge is -2.40. The molecule has 4 atom stereocenters. The zero-order valence-electron chi connectivity index (χ0n) is 19.0. The molecule has 33 heavy (non-hydrogen) atoms. The minimum atomic E-state index is -0.534. The second-order valence-corrected chi connectivity index (χ2v) is 8.19. The van der Waals surface area contributed by atoms with Gasteiger partial charge in [0.15, 0.2) is 6.29 Å². The smallest absolute Gasteiger partial charge is 0.186 e. The fourth-order valence-electron chi connectivity index (χ4n) is 3.96. The highest BCUT2D eigenvalue weighted by molar-refractivity contribution is 5.15. The second-order valence-electron chi connectivity index (χ2n) is 8.19. The standard InChI is InChI=1S/C28H32O5/c1-29-28-27(32-20-24-15-9-4-10-16-24)26(31-19-23-13-7-3-8-14-23)17-25(33-28)21-30-18-22-11-5-2-6-12-22/h2-16,25-28H,17-21H2,1H3/t25?,26?,27?,28-/m0/s1. The molecule has 0 spiro atoms. The van der Waals surface area contributed by atoms with E-state index in [1.807, 2.05) is 66.7 Å². The van der Waals surface area contributed by atoms with Gasteiger partial charge in [-0.3, -0.25) is 0 Å². The van der Waals surface area contributed by atoms with Gasteiger partial charge in [-0.1, -0.05) is 91.0 Å². The van der Waals surface area contributed by atoms with Gasteiger partial charge in [0, 0.05) is 13.5 Å². The van der Waals surface area contributed by atoms with E-state index in [9.17, 15) is 0 Å². The Kier molecular flexibility index (Phi) is 9.04. The number of methoxy groups -OCH3 is 1. The van der Waals surface area contributed by atoms with Gasteiger partial charge in [0.05, 0.1) is 38.6 Å². The van der Waals surface area contributed by atoms with Crippen LogP contribution in [-0.4, -0.2) is 38.3 Å². The fraction of sp³-hybridized carbons (Fsp3) is 0.357. The molecule has 3 aromatic rings. The second kappa shape index (κ2) is 12.6. The number of ether oxygens (including phenoxy) is 5. The molecule has 1 heterocycles. The van der Waals surface area contributed by atoms with E-state index in [0.717, 1.165) is 16.7 Å². The summed E-state index contributed by atoms with van der Waals surface area (Å²) in [6.45, 7) is 1.98. The van der Waals surface area contributed by atoms with Crippen molar-refractivity contribution in [1.82, 2.24) is 0 Å². The summed E-state index contributed by atoms with van der Waals surface area (Å²) in [7, 11) is 1.64. The third-order valence-electron chi connectivity index (χ3n) is 5.70. The van der Waals surface area contributed by atoms with Gasteiger partial charge in [0.1, 0.15) is 6.10 Å². The van der Waals surface area contributed by atoms with Crippen LogP contribution >= 0.6 is 0 Å². The molecule has 1 fully saturated rings. The zero-order chi connectivity index (χ0) is 22.7. The fourth-order valence-corrected chi connectivity index (χ4v) is 3.96. The number of benzene rings is 3. The third kappa shape index (κ3) is 7.22. The predicted octanol–water partition coefficient (Wildman–Crippen LogP) is 5.14. The summed E-state index contributed by atoms with van der Waals surface area (Å²) < 4.78 is 30.5. The van der Waals surface area contributed by atoms with Gasteiger partial charge in [0.2, 0.25) is 0 Å². The summed E-state index contributed by atoms with van der Waals surface area (Å²) >= 11 is 0. The van der Waals surface area contributed by atoms with Gasteiger partial charge in [-0.15, -0.1) is 0 Å². The molecule has 3 unspecified atom stereocenters. The summed E-state index contributed by atoms with van der Waals surface area (Å²) in [6.07, 6.45) is -0.534. The van der Waals surface area contributed by atoms with Crippen molar-refractivity contribution in [2.75, 3.05) is 13.7 Å².